The van der Waals surface area contributed by atoms with Gasteiger partial charge in [0.15, 0.2) is 0 Å². The second-order valence-corrected chi connectivity index (χ2v) is 5.69. The van der Waals surface area contributed by atoms with Gasteiger partial charge in [-0.05, 0) is 17.7 Å². The molecule has 22 heavy (non-hydrogen) atoms. The Hall–Kier alpha value is -2.17. The predicted molar refractivity (Wildman–Crippen MR) is 85.4 cm³/mol. The van der Waals surface area contributed by atoms with Crippen molar-refractivity contribution in [2.24, 2.45) is 0 Å². The van der Waals surface area contributed by atoms with Crippen LogP contribution < -0.4 is 5.32 Å². The minimum absolute atomic E-state index is 0.133. The lowest BCUT2D eigenvalue weighted by Gasteiger charge is -2.17. The molecule has 1 amide bonds. The maximum atomic E-state index is 12.2. The highest BCUT2D eigenvalue weighted by molar-refractivity contribution is 5.94. The van der Waals surface area contributed by atoms with Crippen molar-refractivity contribution < 1.29 is 9.90 Å². The Morgan fingerprint density at radius 1 is 1.05 bits per heavy atom. The van der Waals surface area contributed by atoms with Crippen molar-refractivity contribution in [3.8, 4) is 0 Å². The Bertz CT molecular complexity index is 615. The summed E-state index contributed by atoms with van der Waals surface area (Å²) in [5.74, 6) is -0.133. The highest BCUT2D eigenvalue weighted by atomic mass is 16.3. The average Bonchev–Trinajstić information content (AvgIpc) is 2.88. The first-order valence-corrected chi connectivity index (χ1v) is 7.52. The summed E-state index contributed by atoms with van der Waals surface area (Å²) in [5, 5.41) is 13.1. The lowest BCUT2D eigenvalue weighted by Crippen LogP contribution is -2.42. The Kier molecular flexibility index (Phi) is 4.51. The molecule has 2 N–H and O–H groups in total. The number of hydrogen-bond acceptors (Lipinski definition) is 3. The number of hydrogen-bond donors (Lipinski definition) is 2. The van der Waals surface area contributed by atoms with E-state index < -0.39 is 6.10 Å². The molecule has 2 aromatic rings. The maximum Gasteiger partial charge on any atom is 0.251 e. The van der Waals surface area contributed by atoms with Crippen molar-refractivity contribution in [1.82, 2.24) is 10.2 Å². The molecule has 0 saturated carbocycles. The molecule has 4 nitrogen and oxygen atoms in total. The fraction of sp³-hybridized carbons (Fsp3) is 0.278. The van der Waals surface area contributed by atoms with Gasteiger partial charge in [-0.15, -0.1) is 0 Å². The summed E-state index contributed by atoms with van der Waals surface area (Å²) in [7, 11) is 0. The number of β-amino-alcohol motifs (C(OH)–C–C–N with tert-alkyl or cyclic N) is 1. The molecule has 0 bridgehead atoms. The van der Waals surface area contributed by atoms with Crippen LogP contribution >= 0.6 is 0 Å². The normalized spacial score (nSPS) is 21.7. The van der Waals surface area contributed by atoms with Gasteiger partial charge in [0.05, 0.1) is 12.1 Å². The number of nitrogens with zero attached hydrogens (tertiary/aromatic N) is 1. The molecule has 4 heteroatoms. The molecule has 1 aliphatic heterocycles. The molecule has 2 aromatic carbocycles. The number of aliphatic hydroxyl groups excluding tert-OH is 1. The number of aliphatic hydroxyl groups is 1. The van der Waals surface area contributed by atoms with Crippen molar-refractivity contribution in [1.29, 1.82) is 0 Å². The summed E-state index contributed by atoms with van der Waals surface area (Å²) in [6, 6.07) is 19.0. The minimum atomic E-state index is -0.531. The number of benzene rings is 2. The zero-order valence-corrected chi connectivity index (χ0v) is 12.4. The second kappa shape index (κ2) is 6.73. The number of carbonyl (C=O) groups excluding carboxylic acids is 1. The SMILES string of the molecule is O=C(N[C@H]1CN(Cc2ccccc2)C[C@@H]1O)c1ccccc1. The monoisotopic (exact) mass is 296 g/mol. The van der Waals surface area contributed by atoms with Gasteiger partial charge in [0, 0.05) is 25.2 Å². The number of nitrogens with one attached hydrogen (secondary N) is 1. The third-order valence-electron chi connectivity index (χ3n) is 3.97. The molecule has 0 unspecified atom stereocenters. The molecule has 3 rings (SSSR count). The van der Waals surface area contributed by atoms with Crippen LogP contribution in [0.5, 0.6) is 0 Å². The lowest BCUT2D eigenvalue weighted by atomic mass is 10.1. The van der Waals surface area contributed by atoms with Crippen molar-refractivity contribution in [2.75, 3.05) is 13.1 Å². The van der Waals surface area contributed by atoms with Crippen LogP contribution in [0.3, 0.4) is 0 Å². The minimum Gasteiger partial charge on any atom is -0.390 e. The third-order valence-corrected chi connectivity index (χ3v) is 3.97. The van der Waals surface area contributed by atoms with Crippen molar-refractivity contribution >= 4 is 5.91 Å². The van der Waals surface area contributed by atoms with Crippen LogP contribution in [0.15, 0.2) is 60.7 Å². The third kappa shape index (κ3) is 3.53. The summed E-state index contributed by atoms with van der Waals surface area (Å²) in [4.78, 5) is 14.3. The molecule has 1 saturated heterocycles. The molecule has 0 aromatic heterocycles. The van der Waals surface area contributed by atoms with E-state index in [4.69, 9.17) is 0 Å². The van der Waals surface area contributed by atoms with Crippen LogP contribution in [-0.2, 0) is 6.54 Å². The molecule has 1 fully saturated rings. The van der Waals surface area contributed by atoms with Crippen LogP contribution in [0.2, 0.25) is 0 Å². The summed E-state index contributed by atoms with van der Waals surface area (Å²) < 4.78 is 0. The number of likely N-dealkylation sites (tertiary alicyclic amines) is 1. The summed E-state index contributed by atoms with van der Waals surface area (Å²) in [5.41, 5.74) is 1.83. The molecular formula is C18H20N2O2. The lowest BCUT2D eigenvalue weighted by molar-refractivity contribution is 0.0888. The first-order chi connectivity index (χ1) is 10.7. The van der Waals surface area contributed by atoms with E-state index in [1.807, 2.05) is 36.4 Å². The van der Waals surface area contributed by atoms with Crippen LogP contribution in [-0.4, -0.2) is 41.1 Å². The van der Waals surface area contributed by atoms with E-state index in [-0.39, 0.29) is 11.9 Å². The van der Waals surface area contributed by atoms with E-state index >= 15 is 0 Å². The molecule has 0 spiro atoms. The van der Waals surface area contributed by atoms with Crippen LogP contribution in [0.4, 0.5) is 0 Å². The molecule has 2 atom stereocenters. The molecule has 114 valence electrons. The number of carbonyl (C=O) groups is 1. The van der Waals surface area contributed by atoms with E-state index in [9.17, 15) is 9.90 Å². The number of rotatable bonds is 4. The first kappa shape index (κ1) is 14.8. The highest BCUT2D eigenvalue weighted by Gasteiger charge is 2.32. The van der Waals surface area contributed by atoms with Gasteiger partial charge in [0.1, 0.15) is 0 Å². The van der Waals surface area contributed by atoms with Gasteiger partial charge in [-0.25, -0.2) is 0 Å². The Labute approximate surface area is 130 Å². The van der Waals surface area contributed by atoms with E-state index in [2.05, 4.69) is 22.3 Å². The zero-order chi connectivity index (χ0) is 15.4. The Balaban J connectivity index is 1.58. The van der Waals surface area contributed by atoms with E-state index in [0.717, 1.165) is 6.54 Å². The smallest absolute Gasteiger partial charge is 0.251 e. The Morgan fingerprint density at radius 3 is 2.36 bits per heavy atom. The van der Waals surface area contributed by atoms with Crippen LogP contribution in [0.1, 0.15) is 15.9 Å². The number of amides is 1. The summed E-state index contributed by atoms with van der Waals surface area (Å²) in [6.07, 6.45) is -0.531. The van der Waals surface area contributed by atoms with Crippen LogP contribution in [0, 0.1) is 0 Å². The summed E-state index contributed by atoms with van der Waals surface area (Å²) in [6.45, 7) is 2.03. The topological polar surface area (TPSA) is 52.6 Å². The molecule has 1 heterocycles. The zero-order valence-electron chi connectivity index (χ0n) is 12.4. The van der Waals surface area contributed by atoms with Gasteiger partial charge in [-0.1, -0.05) is 48.5 Å². The van der Waals surface area contributed by atoms with Crippen molar-refractivity contribution in [2.45, 2.75) is 18.7 Å². The van der Waals surface area contributed by atoms with E-state index in [1.54, 1.807) is 12.1 Å². The fourth-order valence-corrected chi connectivity index (χ4v) is 2.82. The molecule has 0 radical (unpaired) electrons. The largest absolute Gasteiger partial charge is 0.390 e. The Morgan fingerprint density at radius 2 is 1.68 bits per heavy atom. The average molecular weight is 296 g/mol. The van der Waals surface area contributed by atoms with Gasteiger partial charge < -0.3 is 10.4 Å². The van der Waals surface area contributed by atoms with Gasteiger partial charge in [-0.3, -0.25) is 9.69 Å². The second-order valence-electron chi connectivity index (χ2n) is 5.69. The van der Waals surface area contributed by atoms with Gasteiger partial charge in [0.2, 0.25) is 0 Å². The van der Waals surface area contributed by atoms with Gasteiger partial charge in [-0.2, -0.15) is 0 Å². The standard InChI is InChI=1S/C18H20N2O2/c21-17-13-20(11-14-7-3-1-4-8-14)12-16(17)19-18(22)15-9-5-2-6-10-15/h1-10,16-17,21H,11-13H2,(H,19,22)/t16-,17-/m0/s1. The van der Waals surface area contributed by atoms with E-state index in [1.165, 1.54) is 5.56 Å². The molecular weight excluding hydrogens is 276 g/mol. The quantitative estimate of drug-likeness (QED) is 0.902. The highest BCUT2D eigenvalue weighted by Crippen LogP contribution is 2.14. The van der Waals surface area contributed by atoms with Gasteiger partial charge in [0.25, 0.3) is 5.91 Å². The van der Waals surface area contributed by atoms with E-state index in [0.29, 0.717) is 18.7 Å². The van der Waals surface area contributed by atoms with Gasteiger partial charge >= 0.3 is 0 Å². The summed E-state index contributed by atoms with van der Waals surface area (Å²) >= 11 is 0. The van der Waals surface area contributed by atoms with Crippen molar-refractivity contribution in [3.05, 3.63) is 71.8 Å². The fourth-order valence-electron chi connectivity index (χ4n) is 2.82. The maximum absolute atomic E-state index is 12.2. The molecule has 1 aliphatic rings. The predicted octanol–water partition coefficient (Wildman–Crippen LogP) is 1.66. The molecule has 0 aliphatic carbocycles. The van der Waals surface area contributed by atoms with Crippen LogP contribution in [0.25, 0.3) is 0 Å². The first-order valence-electron chi connectivity index (χ1n) is 7.52. The van der Waals surface area contributed by atoms with Crippen molar-refractivity contribution in [3.63, 3.8) is 0 Å².